The SMILES string of the molecule is CC(C)C[C@@H]1NC(=O)[C@@H]2CCCN2[C@H](C(=O)NC(C)(C)C)[C@H](C)NC(=O)[C@H]([C@@H](C)O)NC(=O)[C@H](CC(=O)O)CC1=O. The van der Waals surface area contributed by atoms with Crippen LogP contribution in [0.4, 0.5) is 0 Å². The minimum absolute atomic E-state index is 0.00969. The molecule has 232 valence electrons. The fraction of sp³-hybridized carbons (Fsp3) is 0.786. The fourth-order valence-electron chi connectivity index (χ4n) is 5.45. The third-order valence-electron chi connectivity index (χ3n) is 7.28. The Morgan fingerprint density at radius 3 is 2.20 bits per heavy atom. The number of aliphatic hydroxyl groups is 1. The minimum Gasteiger partial charge on any atom is -0.481 e. The lowest BCUT2D eigenvalue weighted by atomic mass is 9.90. The number of aliphatic hydroxyl groups excluding tert-OH is 1. The van der Waals surface area contributed by atoms with E-state index in [9.17, 15) is 39.0 Å². The highest BCUT2D eigenvalue weighted by Gasteiger charge is 2.44. The lowest BCUT2D eigenvalue weighted by Gasteiger charge is -2.38. The number of carboxylic acid groups (broad SMARTS) is 1. The van der Waals surface area contributed by atoms with Crippen LogP contribution in [0.3, 0.4) is 0 Å². The van der Waals surface area contributed by atoms with E-state index in [0.717, 1.165) is 0 Å². The second kappa shape index (κ2) is 14.2. The Balaban J connectivity index is 2.61. The van der Waals surface area contributed by atoms with Crippen molar-refractivity contribution < 1.29 is 39.0 Å². The Morgan fingerprint density at radius 2 is 1.66 bits per heavy atom. The maximum absolute atomic E-state index is 13.6. The molecule has 4 amide bonds. The van der Waals surface area contributed by atoms with E-state index in [2.05, 4.69) is 21.3 Å². The molecule has 0 radical (unpaired) electrons. The molecule has 2 heterocycles. The number of rotatable bonds is 6. The van der Waals surface area contributed by atoms with Crippen LogP contribution < -0.4 is 21.3 Å². The van der Waals surface area contributed by atoms with E-state index in [0.29, 0.717) is 19.4 Å². The summed E-state index contributed by atoms with van der Waals surface area (Å²) < 4.78 is 0. The number of fused-ring (bicyclic) bond motifs is 1. The molecule has 2 fully saturated rings. The average Bonchev–Trinajstić information content (AvgIpc) is 3.28. The van der Waals surface area contributed by atoms with E-state index in [1.54, 1.807) is 11.8 Å². The number of hydrogen-bond acceptors (Lipinski definition) is 8. The molecule has 41 heavy (non-hydrogen) atoms. The first-order valence-electron chi connectivity index (χ1n) is 14.3. The molecule has 0 saturated carbocycles. The summed E-state index contributed by atoms with van der Waals surface area (Å²) in [4.78, 5) is 80.4. The van der Waals surface area contributed by atoms with Crippen LogP contribution in [0.15, 0.2) is 0 Å². The number of carboxylic acids is 1. The van der Waals surface area contributed by atoms with Crippen molar-refractivity contribution in [3.05, 3.63) is 0 Å². The van der Waals surface area contributed by atoms with E-state index in [4.69, 9.17) is 0 Å². The van der Waals surface area contributed by atoms with Gasteiger partial charge < -0.3 is 31.5 Å². The Kier molecular flexibility index (Phi) is 11.8. The van der Waals surface area contributed by atoms with Gasteiger partial charge in [0.15, 0.2) is 5.78 Å². The topological polar surface area (TPSA) is 194 Å². The summed E-state index contributed by atoms with van der Waals surface area (Å²) in [6.07, 6.45) is -1.25. The molecule has 0 aliphatic carbocycles. The molecule has 2 rings (SSSR count). The summed E-state index contributed by atoms with van der Waals surface area (Å²) >= 11 is 0. The minimum atomic E-state index is -1.48. The summed E-state index contributed by atoms with van der Waals surface area (Å²) in [7, 11) is 0. The Hall–Kier alpha value is -3.06. The quantitative estimate of drug-likeness (QED) is 0.244. The van der Waals surface area contributed by atoms with Crippen LogP contribution in [-0.2, 0) is 28.8 Å². The van der Waals surface area contributed by atoms with Gasteiger partial charge in [0.1, 0.15) is 12.1 Å². The molecule has 0 aromatic rings. The van der Waals surface area contributed by atoms with E-state index in [1.165, 1.54) is 6.92 Å². The molecular weight excluding hydrogens is 534 g/mol. The van der Waals surface area contributed by atoms with E-state index >= 15 is 0 Å². The molecule has 13 nitrogen and oxygen atoms in total. The summed E-state index contributed by atoms with van der Waals surface area (Å²) in [5.74, 6) is -5.72. The predicted octanol–water partition coefficient (Wildman–Crippen LogP) is -0.301. The maximum atomic E-state index is 13.6. The Morgan fingerprint density at radius 1 is 1.02 bits per heavy atom. The molecule has 13 heteroatoms. The summed E-state index contributed by atoms with van der Waals surface area (Å²) in [6, 6.07) is -5.06. The zero-order valence-electron chi connectivity index (χ0n) is 25.2. The first-order valence-corrected chi connectivity index (χ1v) is 14.3. The third kappa shape index (κ3) is 9.77. The largest absolute Gasteiger partial charge is 0.481 e. The van der Waals surface area contributed by atoms with Gasteiger partial charge in [0.2, 0.25) is 23.6 Å². The second-order valence-electron chi connectivity index (χ2n) is 12.8. The molecule has 2 aliphatic rings. The van der Waals surface area contributed by atoms with Gasteiger partial charge in [-0.1, -0.05) is 13.8 Å². The molecule has 2 aliphatic heterocycles. The van der Waals surface area contributed by atoms with Crippen LogP contribution >= 0.6 is 0 Å². The number of carbonyl (C=O) groups is 6. The van der Waals surface area contributed by atoms with Crippen molar-refractivity contribution in [2.24, 2.45) is 11.8 Å². The van der Waals surface area contributed by atoms with Gasteiger partial charge in [-0.3, -0.25) is 33.7 Å². The van der Waals surface area contributed by atoms with Gasteiger partial charge in [0.25, 0.3) is 0 Å². The Labute approximate surface area is 241 Å². The van der Waals surface area contributed by atoms with Crippen LogP contribution in [0.25, 0.3) is 0 Å². The van der Waals surface area contributed by atoms with Crippen LogP contribution in [-0.4, -0.2) is 98.9 Å². The number of aliphatic carboxylic acids is 1. The molecule has 0 aromatic heterocycles. The van der Waals surface area contributed by atoms with Crippen molar-refractivity contribution >= 4 is 35.4 Å². The lowest BCUT2D eigenvalue weighted by Crippen LogP contribution is -2.64. The number of ketones is 1. The molecule has 0 unspecified atom stereocenters. The summed E-state index contributed by atoms with van der Waals surface area (Å²) in [6.45, 7) is 12.5. The molecule has 6 N–H and O–H groups in total. The van der Waals surface area contributed by atoms with Gasteiger partial charge >= 0.3 is 5.97 Å². The highest BCUT2D eigenvalue weighted by Crippen LogP contribution is 2.24. The van der Waals surface area contributed by atoms with Crippen molar-refractivity contribution in [3.63, 3.8) is 0 Å². The van der Waals surface area contributed by atoms with Crippen molar-refractivity contribution in [3.8, 4) is 0 Å². The number of nitrogens with zero attached hydrogens (tertiary/aromatic N) is 1. The Bertz CT molecular complexity index is 1010. The van der Waals surface area contributed by atoms with E-state index in [-0.39, 0.29) is 12.3 Å². The first kappa shape index (κ1) is 34.1. The highest BCUT2D eigenvalue weighted by atomic mass is 16.4. The number of nitrogens with one attached hydrogen (secondary N) is 4. The number of Topliss-reactive ketones (excluding diaryl/α,β-unsaturated/α-hetero) is 1. The van der Waals surface area contributed by atoms with Crippen LogP contribution in [0.5, 0.6) is 0 Å². The van der Waals surface area contributed by atoms with E-state index < -0.39 is 96.0 Å². The molecule has 0 bridgehead atoms. The van der Waals surface area contributed by atoms with Gasteiger partial charge in [0, 0.05) is 12.0 Å². The lowest BCUT2D eigenvalue weighted by molar-refractivity contribution is -0.143. The zero-order valence-corrected chi connectivity index (χ0v) is 25.2. The highest BCUT2D eigenvalue weighted by molar-refractivity contribution is 5.96. The predicted molar refractivity (Wildman–Crippen MR) is 149 cm³/mol. The van der Waals surface area contributed by atoms with Gasteiger partial charge in [-0.2, -0.15) is 0 Å². The average molecular weight is 582 g/mol. The second-order valence-corrected chi connectivity index (χ2v) is 12.8. The zero-order chi connectivity index (χ0) is 31.2. The monoisotopic (exact) mass is 581 g/mol. The number of carbonyl (C=O) groups excluding carboxylic acids is 5. The van der Waals surface area contributed by atoms with Gasteiger partial charge in [0.05, 0.1) is 36.6 Å². The van der Waals surface area contributed by atoms with Crippen LogP contribution in [0.1, 0.15) is 80.6 Å². The van der Waals surface area contributed by atoms with Crippen molar-refractivity contribution in [1.82, 2.24) is 26.2 Å². The van der Waals surface area contributed by atoms with Gasteiger partial charge in [-0.05, 0) is 66.3 Å². The molecule has 0 spiro atoms. The van der Waals surface area contributed by atoms with Gasteiger partial charge in [-0.15, -0.1) is 0 Å². The summed E-state index contributed by atoms with van der Waals surface area (Å²) in [5, 5.41) is 30.7. The molecule has 2 saturated heterocycles. The van der Waals surface area contributed by atoms with Crippen molar-refractivity contribution in [2.75, 3.05) is 6.54 Å². The normalized spacial score (nSPS) is 29.9. The fourth-order valence-corrected chi connectivity index (χ4v) is 5.45. The third-order valence-corrected chi connectivity index (χ3v) is 7.28. The number of hydrogen-bond donors (Lipinski definition) is 6. The first-order chi connectivity index (χ1) is 18.9. The van der Waals surface area contributed by atoms with Crippen LogP contribution in [0.2, 0.25) is 0 Å². The van der Waals surface area contributed by atoms with E-state index in [1.807, 2.05) is 34.6 Å². The van der Waals surface area contributed by atoms with Crippen molar-refractivity contribution in [2.45, 2.75) is 122 Å². The molecule has 7 atom stereocenters. The maximum Gasteiger partial charge on any atom is 0.304 e. The summed E-state index contributed by atoms with van der Waals surface area (Å²) in [5.41, 5.74) is -0.612. The van der Waals surface area contributed by atoms with Crippen molar-refractivity contribution in [1.29, 1.82) is 0 Å². The van der Waals surface area contributed by atoms with Crippen LogP contribution in [0, 0.1) is 11.8 Å². The molecule has 0 aromatic carbocycles. The van der Waals surface area contributed by atoms with Gasteiger partial charge in [-0.25, -0.2) is 0 Å². The number of amides is 4. The molecular formula is C28H47N5O8. The smallest absolute Gasteiger partial charge is 0.304 e. The standard InChI is InChI=1S/C28H47N5O8/c1-14(2)11-18-20(35)12-17(13-21(36)37)24(38)31-22(16(4)34)26(40)29-15(3)23(27(41)32-28(5,6)7)33-10-8-9-19(33)25(39)30-18/h14-19,22-23,34H,8-13H2,1-7H3,(H,29,40)(H,30,39)(H,31,38)(H,32,41)(H,36,37)/t15-,16+,17-,18-,19-,22-,23-/m0/s1.